The van der Waals surface area contributed by atoms with Crippen molar-refractivity contribution in [3.63, 3.8) is 0 Å². The Bertz CT molecular complexity index is 461. The van der Waals surface area contributed by atoms with Crippen LogP contribution in [0.15, 0.2) is 6.20 Å². The molecule has 118 valence electrons. The van der Waals surface area contributed by atoms with Crippen molar-refractivity contribution in [1.82, 2.24) is 15.1 Å². The molecule has 1 saturated heterocycles. The summed E-state index contributed by atoms with van der Waals surface area (Å²) in [6, 6.07) is 1.26. The third-order valence-electron chi connectivity index (χ3n) is 5.44. The van der Waals surface area contributed by atoms with Crippen LogP contribution in [0.25, 0.3) is 0 Å². The van der Waals surface area contributed by atoms with Crippen LogP contribution >= 0.6 is 0 Å². The topological polar surface area (TPSA) is 33.1 Å². The number of anilines is 1. The molecule has 21 heavy (non-hydrogen) atoms. The van der Waals surface area contributed by atoms with Crippen LogP contribution < -0.4 is 10.2 Å². The molecule has 2 unspecified atom stereocenters. The molecule has 1 aromatic rings. The molecule has 2 fully saturated rings. The Kier molecular flexibility index (Phi) is 4.53. The van der Waals surface area contributed by atoms with Gasteiger partial charge in [-0.2, -0.15) is 5.10 Å². The lowest BCUT2D eigenvalue weighted by molar-refractivity contribution is 0.240. The van der Waals surface area contributed by atoms with E-state index in [-0.39, 0.29) is 0 Å². The van der Waals surface area contributed by atoms with Gasteiger partial charge in [-0.1, -0.05) is 26.2 Å². The maximum atomic E-state index is 4.55. The van der Waals surface area contributed by atoms with Gasteiger partial charge in [-0.15, -0.1) is 0 Å². The van der Waals surface area contributed by atoms with Crippen molar-refractivity contribution >= 4 is 5.69 Å². The molecule has 1 aromatic heterocycles. The number of piperazine rings is 1. The second-order valence-electron chi connectivity index (χ2n) is 6.90. The molecule has 0 spiro atoms. The predicted molar refractivity (Wildman–Crippen MR) is 87.7 cm³/mol. The Morgan fingerprint density at radius 2 is 2.05 bits per heavy atom. The van der Waals surface area contributed by atoms with Crippen molar-refractivity contribution < 1.29 is 0 Å². The largest absolute Gasteiger partial charge is 0.363 e. The first-order valence-corrected chi connectivity index (χ1v) is 8.69. The van der Waals surface area contributed by atoms with E-state index in [1.54, 1.807) is 0 Å². The molecule has 3 rings (SSSR count). The van der Waals surface area contributed by atoms with Crippen LogP contribution in [-0.2, 0) is 7.05 Å². The van der Waals surface area contributed by atoms with Crippen molar-refractivity contribution in [2.45, 2.75) is 64.5 Å². The molecule has 2 atom stereocenters. The molecular formula is C17H30N4. The zero-order valence-corrected chi connectivity index (χ0v) is 13.8. The molecule has 0 radical (unpaired) electrons. The first kappa shape index (κ1) is 14.9. The average molecular weight is 290 g/mol. The molecule has 1 aliphatic carbocycles. The van der Waals surface area contributed by atoms with Gasteiger partial charge >= 0.3 is 0 Å². The van der Waals surface area contributed by atoms with Crippen LogP contribution in [0.1, 0.15) is 51.1 Å². The summed E-state index contributed by atoms with van der Waals surface area (Å²) in [6.45, 7) is 6.70. The van der Waals surface area contributed by atoms with E-state index in [9.17, 15) is 0 Å². The summed E-state index contributed by atoms with van der Waals surface area (Å²) >= 11 is 0. The molecule has 2 heterocycles. The minimum absolute atomic E-state index is 0.604. The highest BCUT2D eigenvalue weighted by Gasteiger charge is 2.33. The molecule has 0 amide bonds. The second kappa shape index (κ2) is 6.39. The van der Waals surface area contributed by atoms with Crippen molar-refractivity contribution in [1.29, 1.82) is 0 Å². The van der Waals surface area contributed by atoms with Crippen LogP contribution in [0.5, 0.6) is 0 Å². The highest BCUT2D eigenvalue weighted by molar-refractivity contribution is 5.50. The van der Waals surface area contributed by atoms with E-state index in [2.05, 4.69) is 35.4 Å². The fourth-order valence-corrected chi connectivity index (χ4v) is 4.20. The van der Waals surface area contributed by atoms with Crippen LogP contribution in [0, 0.1) is 12.8 Å². The van der Waals surface area contributed by atoms with E-state index >= 15 is 0 Å². The van der Waals surface area contributed by atoms with Crippen molar-refractivity contribution in [3.8, 4) is 0 Å². The van der Waals surface area contributed by atoms with Crippen LogP contribution in [-0.4, -0.2) is 35.0 Å². The lowest BCUT2D eigenvalue weighted by atomic mass is 9.82. The molecule has 0 bridgehead atoms. The average Bonchev–Trinajstić information content (AvgIpc) is 2.86. The van der Waals surface area contributed by atoms with Gasteiger partial charge in [-0.05, 0) is 32.1 Å². The number of rotatable bonds is 3. The standard InChI is InChI=1S/C17H30N4/c1-4-15-10-18-16(14-8-6-5-7-9-14)11-21(15)17-12-20(3)19-13(17)2/h12,14-16,18H,4-11H2,1-3H3. The Hall–Kier alpha value is -1.03. The SMILES string of the molecule is CCC1CNC(C2CCCCC2)CN1c1cn(C)nc1C. The summed E-state index contributed by atoms with van der Waals surface area (Å²) in [5, 5.41) is 8.39. The zero-order valence-electron chi connectivity index (χ0n) is 13.8. The lowest BCUT2D eigenvalue weighted by Crippen LogP contribution is -2.59. The quantitative estimate of drug-likeness (QED) is 0.929. The van der Waals surface area contributed by atoms with Gasteiger partial charge in [-0.3, -0.25) is 4.68 Å². The number of hydrogen-bond acceptors (Lipinski definition) is 3. The molecule has 1 aliphatic heterocycles. The monoisotopic (exact) mass is 290 g/mol. The van der Waals surface area contributed by atoms with Gasteiger partial charge in [0.25, 0.3) is 0 Å². The van der Waals surface area contributed by atoms with Gasteiger partial charge < -0.3 is 10.2 Å². The fourth-order valence-electron chi connectivity index (χ4n) is 4.20. The first-order chi connectivity index (χ1) is 10.2. The third kappa shape index (κ3) is 3.10. The minimum Gasteiger partial charge on any atom is -0.363 e. The molecule has 1 saturated carbocycles. The maximum absolute atomic E-state index is 4.55. The van der Waals surface area contributed by atoms with Crippen molar-refractivity contribution in [2.24, 2.45) is 13.0 Å². The van der Waals surface area contributed by atoms with Gasteiger partial charge in [0.1, 0.15) is 0 Å². The van der Waals surface area contributed by atoms with Gasteiger partial charge in [0, 0.05) is 38.4 Å². The van der Waals surface area contributed by atoms with E-state index in [4.69, 9.17) is 0 Å². The number of hydrogen-bond donors (Lipinski definition) is 1. The highest BCUT2D eigenvalue weighted by Crippen LogP contribution is 2.31. The Balaban J connectivity index is 1.77. The van der Waals surface area contributed by atoms with Crippen LogP contribution in [0.2, 0.25) is 0 Å². The highest BCUT2D eigenvalue weighted by atomic mass is 15.3. The Morgan fingerprint density at radius 1 is 1.29 bits per heavy atom. The molecule has 0 aromatic carbocycles. The number of nitrogens with zero attached hydrogens (tertiary/aromatic N) is 3. The van der Waals surface area contributed by atoms with Crippen molar-refractivity contribution in [3.05, 3.63) is 11.9 Å². The predicted octanol–water partition coefficient (Wildman–Crippen LogP) is 2.87. The first-order valence-electron chi connectivity index (χ1n) is 8.69. The zero-order chi connectivity index (χ0) is 14.8. The summed E-state index contributed by atoms with van der Waals surface area (Å²) in [5.41, 5.74) is 2.51. The summed E-state index contributed by atoms with van der Waals surface area (Å²) in [5.74, 6) is 0.871. The van der Waals surface area contributed by atoms with Gasteiger partial charge in [0.05, 0.1) is 11.4 Å². The Labute approximate surface area is 128 Å². The summed E-state index contributed by atoms with van der Waals surface area (Å²) in [7, 11) is 2.03. The lowest BCUT2D eigenvalue weighted by Gasteiger charge is -2.44. The summed E-state index contributed by atoms with van der Waals surface area (Å²) in [4.78, 5) is 2.62. The Morgan fingerprint density at radius 3 is 2.67 bits per heavy atom. The van der Waals surface area contributed by atoms with Crippen LogP contribution in [0.4, 0.5) is 5.69 Å². The van der Waals surface area contributed by atoms with E-state index in [0.717, 1.165) is 19.0 Å². The molecule has 4 heteroatoms. The summed E-state index contributed by atoms with van der Waals surface area (Å²) < 4.78 is 1.95. The smallest absolute Gasteiger partial charge is 0.0827 e. The van der Waals surface area contributed by atoms with Gasteiger partial charge in [0.2, 0.25) is 0 Å². The van der Waals surface area contributed by atoms with Crippen molar-refractivity contribution in [2.75, 3.05) is 18.0 Å². The molecule has 1 N–H and O–H groups in total. The molecular weight excluding hydrogens is 260 g/mol. The van der Waals surface area contributed by atoms with E-state index in [0.29, 0.717) is 12.1 Å². The number of aryl methyl sites for hydroxylation is 2. The van der Waals surface area contributed by atoms with E-state index in [1.807, 2.05) is 11.7 Å². The minimum atomic E-state index is 0.604. The van der Waals surface area contributed by atoms with E-state index < -0.39 is 0 Å². The fraction of sp³-hybridized carbons (Fsp3) is 0.824. The van der Waals surface area contributed by atoms with Crippen LogP contribution in [0.3, 0.4) is 0 Å². The maximum Gasteiger partial charge on any atom is 0.0827 e. The number of aromatic nitrogens is 2. The second-order valence-corrected chi connectivity index (χ2v) is 6.90. The van der Waals surface area contributed by atoms with E-state index in [1.165, 1.54) is 49.9 Å². The van der Waals surface area contributed by atoms with Gasteiger partial charge in [0.15, 0.2) is 0 Å². The molecule has 2 aliphatic rings. The summed E-state index contributed by atoms with van der Waals surface area (Å²) in [6.07, 6.45) is 10.5. The number of nitrogens with one attached hydrogen (secondary N) is 1. The van der Waals surface area contributed by atoms with Gasteiger partial charge in [-0.25, -0.2) is 0 Å². The molecule has 4 nitrogen and oxygen atoms in total. The normalized spacial score (nSPS) is 28.0. The third-order valence-corrected chi connectivity index (χ3v) is 5.44.